The molecule has 0 fully saturated rings. The summed E-state index contributed by atoms with van der Waals surface area (Å²) in [6.45, 7) is 6.81. The summed E-state index contributed by atoms with van der Waals surface area (Å²) in [6.07, 6.45) is -5.61. The number of fused-ring (bicyclic) bond motifs is 1. The van der Waals surface area contributed by atoms with Gasteiger partial charge in [-0.05, 0) is 49.4 Å². The zero-order valence-electron chi connectivity index (χ0n) is 21.2. The van der Waals surface area contributed by atoms with Gasteiger partial charge in [-0.2, -0.15) is 13.2 Å². The topological polar surface area (TPSA) is 79.4 Å². The van der Waals surface area contributed by atoms with Gasteiger partial charge in [0.15, 0.2) is 6.10 Å². The van der Waals surface area contributed by atoms with E-state index in [4.69, 9.17) is 14.0 Å². The predicted molar refractivity (Wildman–Crippen MR) is 133 cm³/mol. The number of methoxy groups -OCH3 is 1. The van der Waals surface area contributed by atoms with Crippen molar-refractivity contribution in [1.29, 1.82) is 0 Å². The monoisotopic (exact) mass is 515 g/mol. The lowest BCUT2D eigenvalue weighted by Crippen LogP contribution is -2.34. The molecule has 10 heteroatoms. The highest BCUT2D eigenvalue weighted by Gasteiger charge is 2.44. The van der Waals surface area contributed by atoms with Crippen LogP contribution in [0.15, 0.2) is 51.9 Å². The van der Waals surface area contributed by atoms with E-state index in [0.29, 0.717) is 44.9 Å². The molecule has 0 saturated carbocycles. The van der Waals surface area contributed by atoms with Crippen LogP contribution < -0.4 is 10.3 Å². The molecule has 37 heavy (non-hydrogen) atoms. The molecule has 0 aliphatic heterocycles. The van der Waals surface area contributed by atoms with Crippen molar-refractivity contribution in [2.75, 3.05) is 13.7 Å². The van der Waals surface area contributed by atoms with Gasteiger partial charge in [-0.15, -0.1) is 0 Å². The number of hydrogen-bond acceptors (Lipinski definition) is 6. The van der Waals surface area contributed by atoms with Gasteiger partial charge in [0.05, 0.1) is 48.3 Å². The number of pyridine rings is 2. The SMILES string of the molecule is COc1cc2c(cc1-c1c(C)noc1C)cc(C(OCC(C)C)C(F)(F)F)c(=O)n2Cc1ccccn1. The van der Waals surface area contributed by atoms with Crippen LogP contribution in [0, 0.1) is 19.8 Å². The van der Waals surface area contributed by atoms with Gasteiger partial charge in [0.25, 0.3) is 5.56 Å². The van der Waals surface area contributed by atoms with Crippen molar-refractivity contribution in [3.8, 4) is 16.9 Å². The van der Waals surface area contributed by atoms with Crippen LogP contribution >= 0.6 is 0 Å². The second-order valence-electron chi connectivity index (χ2n) is 9.27. The van der Waals surface area contributed by atoms with Gasteiger partial charge in [-0.3, -0.25) is 9.78 Å². The molecule has 3 aromatic heterocycles. The highest BCUT2D eigenvalue weighted by atomic mass is 19.4. The molecule has 0 N–H and O–H groups in total. The lowest BCUT2D eigenvalue weighted by atomic mass is 9.98. The molecular weight excluding hydrogens is 487 g/mol. The van der Waals surface area contributed by atoms with E-state index in [9.17, 15) is 18.0 Å². The number of nitrogens with zero attached hydrogens (tertiary/aromatic N) is 3. The Morgan fingerprint density at radius 3 is 2.46 bits per heavy atom. The van der Waals surface area contributed by atoms with Crippen molar-refractivity contribution in [3.63, 3.8) is 0 Å². The van der Waals surface area contributed by atoms with Crippen molar-refractivity contribution in [3.05, 3.63) is 75.7 Å². The van der Waals surface area contributed by atoms with Crippen LogP contribution in [0.25, 0.3) is 22.0 Å². The quantitative estimate of drug-likeness (QED) is 0.286. The number of hydrogen-bond donors (Lipinski definition) is 0. The van der Waals surface area contributed by atoms with E-state index < -0.39 is 23.4 Å². The summed E-state index contributed by atoms with van der Waals surface area (Å²) in [6, 6.07) is 9.76. The van der Waals surface area contributed by atoms with Crippen LogP contribution in [0.1, 0.15) is 42.7 Å². The average molecular weight is 516 g/mol. The minimum absolute atomic E-state index is 0.0351. The maximum atomic E-state index is 14.2. The van der Waals surface area contributed by atoms with Crippen LogP contribution in [-0.2, 0) is 11.3 Å². The summed E-state index contributed by atoms with van der Waals surface area (Å²) in [4.78, 5) is 17.9. The lowest BCUT2D eigenvalue weighted by molar-refractivity contribution is -0.226. The minimum Gasteiger partial charge on any atom is -0.496 e. The van der Waals surface area contributed by atoms with Crippen LogP contribution in [-0.4, -0.2) is 34.6 Å². The maximum Gasteiger partial charge on any atom is 0.419 e. The van der Waals surface area contributed by atoms with E-state index in [-0.39, 0.29) is 19.1 Å². The first-order valence-corrected chi connectivity index (χ1v) is 11.8. The number of aromatic nitrogens is 3. The molecule has 7 nitrogen and oxygen atoms in total. The standard InChI is InChI=1S/C27H28F3N3O4/c1-15(2)14-36-25(27(28,29)30)21-11-18-10-20(24-16(3)32-37-17(24)4)23(35-5)12-22(18)33(26(21)34)13-19-8-6-7-9-31-19/h6-12,15,25H,13-14H2,1-5H3. The van der Waals surface area contributed by atoms with Crippen LogP contribution in [0.4, 0.5) is 13.2 Å². The Hall–Kier alpha value is -3.66. The lowest BCUT2D eigenvalue weighted by Gasteiger charge is -2.24. The maximum absolute atomic E-state index is 14.2. The first-order valence-electron chi connectivity index (χ1n) is 11.8. The molecule has 1 unspecified atom stereocenters. The van der Waals surface area contributed by atoms with E-state index in [0.717, 1.165) is 0 Å². The zero-order chi connectivity index (χ0) is 26.9. The molecule has 0 bridgehead atoms. The van der Waals surface area contributed by atoms with Gasteiger partial charge in [-0.1, -0.05) is 25.1 Å². The Labute approximate surface area is 211 Å². The van der Waals surface area contributed by atoms with E-state index in [1.165, 1.54) is 17.7 Å². The molecule has 0 radical (unpaired) electrons. The predicted octanol–water partition coefficient (Wildman–Crippen LogP) is 6.00. The van der Waals surface area contributed by atoms with Gasteiger partial charge in [0.2, 0.25) is 0 Å². The molecule has 4 rings (SSSR count). The molecule has 196 valence electrons. The molecular formula is C27H28F3N3O4. The molecule has 1 atom stereocenters. The van der Waals surface area contributed by atoms with Crippen molar-refractivity contribution >= 4 is 10.9 Å². The second kappa shape index (κ2) is 10.4. The van der Waals surface area contributed by atoms with E-state index in [2.05, 4.69) is 10.1 Å². The molecule has 0 amide bonds. The van der Waals surface area contributed by atoms with Crippen molar-refractivity contribution in [2.24, 2.45) is 5.92 Å². The van der Waals surface area contributed by atoms with Gasteiger partial charge >= 0.3 is 6.18 Å². The Kier molecular flexibility index (Phi) is 7.40. The summed E-state index contributed by atoms with van der Waals surface area (Å²) in [5.74, 6) is 0.800. The van der Waals surface area contributed by atoms with Crippen molar-refractivity contribution in [1.82, 2.24) is 14.7 Å². The first kappa shape index (κ1) is 26.4. The summed E-state index contributed by atoms with van der Waals surface area (Å²) in [7, 11) is 1.48. The number of benzene rings is 1. The second-order valence-corrected chi connectivity index (χ2v) is 9.27. The molecule has 0 saturated heterocycles. The van der Waals surface area contributed by atoms with Crippen molar-refractivity contribution in [2.45, 2.75) is 46.5 Å². The molecule has 4 aromatic rings. The summed E-state index contributed by atoms with van der Waals surface area (Å²) in [5.41, 5.74) is 1.48. The van der Waals surface area contributed by atoms with Crippen molar-refractivity contribution < 1.29 is 27.2 Å². The molecule has 0 aliphatic carbocycles. The Morgan fingerprint density at radius 2 is 1.89 bits per heavy atom. The molecule has 0 aliphatic rings. The molecule has 1 aromatic carbocycles. The van der Waals surface area contributed by atoms with Gasteiger partial charge < -0.3 is 18.6 Å². The summed E-state index contributed by atoms with van der Waals surface area (Å²) >= 11 is 0. The zero-order valence-corrected chi connectivity index (χ0v) is 21.2. The third kappa shape index (κ3) is 5.39. The number of aryl methyl sites for hydroxylation is 2. The normalized spacial score (nSPS) is 12.9. The highest BCUT2D eigenvalue weighted by molar-refractivity contribution is 5.90. The molecule has 3 heterocycles. The van der Waals surface area contributed by atoms with E-state index >= 15 is 0 Å². The van der Waals surface area contributed by atoms with Gasteiger partial charge in [0, 0.05) is 17.8 Å². The Balaban J connectivity index is 2.03. The summed E-state index contributed by atoms with van der Waals surface area (Å²) < 4.78 is 60.1. The first-order chi connectivity index (χ1) is 17.5. The van der Waals surface area contributed by atoms with Crippen LogP contribution in [0.2, 0.25) is 0 Å². The third-order valence-corrected chi connectivity index (χ3v) is 5.97. The third-order valence-electron chi connectivity index (χ3n) is 5.97. The fraction of sp³-hybridized carbons (Fsp3) is 0.370. The number of ether oxygens (including phenoxy) is 2. The minimum atomic E-state index is -4.79. The van der Waals surface area contributed by atoms with E-state index in [1.54, 1.807) is 64.2 Å². The average Bonchev–Trinajstić information content (AvgIpc) is 3.18. The largest absolute Gasteiger partial charge is 0.496 e. The number of rotatable bonds is 8. The number of alkyl halides is 3. The van der Waals surface area contributed by atoms with Crippen LogP contribution in [0.5, 0.6) is 5.75 Å². The summed E-state index contributed by atoms with van der Waals surface area (Å²) in [5, 5.41) is 4.40. The number of halogens is 3. The fourth-order valence-electron chi connectivity index (χ4n) is 4.31. The van der Waals surface area contributed by atoms with Gasteiger partial charge in [0.1, 0.15) is 11.5 Å². The van der Waals surface area contributed by atoms with Gasteiger partial charge in [-0.25, -0.2) is 0 Å². The highest BCUT2D eigenvalue weighted by Crippen LogP contribution is 2.40. The smallest absolute Gasteiger partial charge is 0.419 e. The Morgan fingerprint density at radius 1 is 1.14 bits per heavy atom. The fourth-order valence-corrected chi connectivity index (χ4v) is 4.31. The van der Waals surface area contributed by atoms with E-state index in [1.807, 2.05) is 0 Å². The molecule has 0 spiro atoms. The Bertz CT molecular complexity index is 1440. The van der Waals surface area contributed by atoms with Crippen LogP contribution in [0.3, 0.4) is 0 Å².